The normalized spacial score (nSPS) is 11.7. The maximum Gasteiger partial charge on any atom is 0.238 e. The van der Waals surface area contributed by atoms with Crippen LogP contribution in [-0.4, -0.2) is 34.0 Å². The Morgan fingerprint density at radius 2 is 1.85 bits per heavy atom. The molecule has 0 unspecified atom stereocenters. The number of aromatic nitrogens is 4. The summed E-state index contributed by atoms with van der Waals surface area (Å²) in [5.41, 5.74) is 5.61. The molecule has 0 radical (unpaired) electrons. The number of nitrogens with two attached hydrogens (primary N) is 1. The van der Waals surface area contributed by atoms with Gasteiger partial charge >= 0.3 is 0 Å². The van der Waals surface area contributed by atoms with E-state index in [1.807, 2.05) is 60.1 Å². The molecule has 0 saturated heterocycles. The molecule has 0 spiro atoms. The van der Waals surface area contributed by atoms with Gasteiger partial charge in [-0.05, 0) is 54.4 Å². The van der Waals surface area contributed by atoms with Gasteiger partial charge in [-0.3, -0.25) is 0 Å². The fourth-order valence-corrected chi connectivity index (χ4v) is 4.92. The monoisotopic (exact) mass is 470 g/mol. The molecular weight excluding hydrogens is 448 g/mol. The van der Waals surface area contributed by atoms with Crippen LogP contribution in [0.25, 0.3) is 27.8 Å². The third kappa shape index (κ3) is 3.91. The van der Waals surface area contributed by atoms with Crippen molar-refractivity contribution in [3.8, 4) is 16.8 Å². The average molecular weight is 471 g/mol. The number of benzene rings is 3. The summed E-state index contributed by atoms with van der Waals surface area (Å²) in [5, 5.41) is 17.4. The molecule has 0 amide bonds. The zero-order valence-electron chi connectivity index (χ0n) is 18.4. The SMILES string of the molecule is Cc1nc2cc(-c3ccccc3S(N)(=O)=O)ccc2n1Cc1ccnn1-c1cccc(C=N)c1. The quantitative estimate of drug-likeness (QED) is 0.366. The summed E-state index contributed by atoms with van der Waals surface area (Å²) in [7, 11) is -3.86. The summed E-state index contributed by atoms with van der Waals surface area (Å²) < 4.78 is 28.1. The molecule has 0 bridgehead atoms. The fraction of sp³-hybridized carbons (Fsp3) is 0.0800. The fourth-order valence-electron chi connectivity index (χ4n) is 4.16. The van der Waals surface area contributed by atoms with E-state index in [2.05, 4.69) is 9.67 Å². The Labute approximate surface area is 196 Å². The highest BCUT2D eigenvalue weighted by molar-refractivity contribution is 7.89. The lowest BCUT2D eigenvalue weighted by Crippen LogP contribution is -2.13. The van der Waals surface area contributed by atoms with Gasteiger partial charge in [0.15, 0.2) is 0 Å². The van der Waals surface area contributed by atoms with Crippen LogP contribution in [0, 0.1) is 12.3 Å². The zero-order chi connectivity index (χ0) is 23.9. The topological polar surface area (TPSA) is 120 Å². The molecule has 9 heteroatoms. The van der Waals surface area contributed by atoms with Crippen molar-refractivity contribution in [1.29, 1.82) is 5.41 Å². The summed E-state index contributed by atoms with van der Waals surface area (Å²) in [5.74, 6) is 0.827. The predicted molar refractivity (Wildman–Crippen MR) is 132 cm³/mol. The molecular formula is C25H22N6O2S. The van der Waals surface area contributed by atoms with E-state index in [9.17, 15) is 8.42 Å². The number of rotatable bonds is 6. The highest BCUT2D eigenvalue weighted by Gasteiger charge is 2.17. The molecule has 5 rings (SSSR count). The predicted octanol–water partition coefficient (Wildman–Crippen LogP) is 3.89. The maximum absolute atomic E-state index is 12.1. The van der Waals surface area contributed by atoms with Crippen molar-refractivity contribution in [1.82, 2.24) is 19.3 Å². The lowest BCUT2D eigenvalue weighted by molar-refractivity contribution is 0.598. The Kier molecular flexibility index (Phi) is 5.35. The summed E-state index contributed by atoms with van der Waals surface area (Å²) in [6.45, 7) is 2.48. The maximum atomic E-state index is 12.1. The Balaban J connectivity index is 1.55. The summed E-state index contributed by atoms with van der Waals surface area (Å²) in [4.78, 5) is 4.81. The van der Waals surface area contributed by atoms with E-state index in [1.54, 1.807) is 24.4 Å². The van der Waals surface area contributed by atoms with E-state index in [0.29, 0.717) is 12.1 Å². The van der Waals surface area contributed by atoms with Crippen molar-refractivity contribution in [2.24, 2.45) is 5.14 Å². The van der Waals surface area contributed by atoms with E-state index >= 15 is 0 Å². The van der Waals surface area contributed by atoms with Crippen molar-refractivity contribution >= 4 is 27.3 Å². The molecule has 3 aromatic carbocycles. The smallest absolute Gasteiger partial charge is 0.238 e. The van der Waals surface area contributed by atoms with E-state index in [1.165, 1.54) is 12.3 Å². The molecule has 3 N–H and O–H groups in total. The minimum atomic E-state index is -3.86. The second-order valence-corrected chi connectivity index (χ2v) is 9.49. The molecule has 2 aromatic heterocycles. The molecule has 2 heterocycles. The van der Waals surface area contributed by atoms with Crippen LogP contribution in [0.5, 0.6) is 0 Å². The number of hydrogen-bond donors (Lipinski definition) is 2. The molecule has 0 aliphatic heterocycles. The van der Waals surface area contributed by atoms with Crippen LogP contribution in [0.2, 0.25) is 0 Å². The molecule has 8 nitrogen and oxygen atoms in total. The lowest BCUT2D eigenvalue weighted by atomic mass is 10.1. The number of fused-ring (bicyclic) bond motifs is 1. The third-order valence-corrected chi connectivity index (χ3v) is 6.74. The van der Waals surface area contributed by atoms with Crippen LogP contribution in [-0.2, 0) is 16.6 Å². The van der Waals surface area contributed by atoms with Crippen LogP contribution in [0.4, 0.5) is 0 Å². The third-order valence-electron chi connectivity index (χ3n) is 5.77. The minimum Gasteiger partial charge on any atom is -0.322 e. The van der Waals surface area contributed by atoms with Gasteiger partial charge in [0, 0.05) is 18.0 Å². The van der Waals surface area contributed by atoms with Gasteiger partial charge in [0.1, 0.15) is 5.82 Å². The van der Waals surface area contributed by atoms with Gasteiger partial charge in [-0.2, -0.15) is 5.10 Å². The second-order valence-electron chi connectivity index (χ2n) is 7.96. The molecule has 170 valence electrons. The van der Waals surface area contributed by atoms with Crippen molar-refractivity contribution in [3.05, 3.63) is 96.1 Å². The van der Waals surface area contributed by atoms with Crippen LogP contribution in [0.15, 0.2) is 83.9 Å². The number of primary sulfonamides is 1. The number of nitrogens with zero attached hydrogens (tertiary/aromatic N) is 4. The number of aryl methyl sites for hydroxylation is 1. The first-order valence-electron chi connectivity index (χ1n) is 10.6. The first kappa shape index (κ1) is 21.7. The van der Waals surface area contributed by atoms with Crippen molar-refractivity contribution in [2.75, 3.05) is 0 Å². The molecule has 0 saturated carbocycles. The molecule has 0 fully saturated rings. The van der Waals surface area contributed by atoms with Gasteiger partial charge in [-0.25, -0.2) is 23.2 Å². The minimum absolute atomic E-state index is 0.0848. The van der Waals surface area contributed by atoms with Crippen LogP contribution in [0.3, 0.4) is 0 Å². The number of nitrogens with one attached hydrogen (secondary N) is 1. The molecule has 0 atom stereocenters. The highest BCUT2D eigenvalue weighted by atomic mass is 32.2. The number of sulfonamides is 1. The van der Waals surface area contributed by atoms with Crippen LogP contribution in [0.1, 0.15) is 17.1 Å². The van der Waals surface area contributed by atoms with E-state index in [-0.39, 0.29) is 4.90 Å². The number of imidazole rings is 1. The van der Waals surface area contributed by atoms with Gasteiger partial charge < -0.3 is 9.98 Å². The van der Waals surface area contributed by atoms with Crippen LogP contribution >= 0.6 is 0 Å². The van der Waals surface area contributed by atoms with Gasteiger partial charge in [0.25, 0.3) is 0 Å². The van der Waals surface area contributed by atoms with Crippen molar-refractivity contribution in [3.63, 3.8) is 0 Å². The Morgan fingerprint density at radius 3 is 2.65 bits per heavy atom. The van der Waals surface area contributed by atoms with E-state index in [0.717, 1.165) is 39.4 Å². The Morgan fingerprint density at radius 1 is 1.03 bits per heavy atom. The van der Waals surface area contributed by atoms with Gasteiger partial charge in [-0.15, -0.1) is 0 Å². The summed E-state index contributed by atoms with van der Waals surface area (Å²) in [6.07, 6.45) is 3.06. The van der Waals surface area contributed by atoms with E-state index < -0.39 is 10.0 Å². The first-order valence-corrected chi connectivity index (χ1v) is 12.1. The van der Waals surface area contributed by atoms with Crippen LogP contribution < -0.4 is 5.14 Å². The first-order chi connectivity index (χ1) is 16.3. The number of hydrogen-bond acceptors (Lipinski definition) is 5. The van der Waals surface area contributed by atoms with Gasteiger partial charge in [-0.1, -0.05) is 36.4 Å². The molecule has 5 aromatic rings. The Hall–Kier alpha value is -4.08. The lowest BCUT2D eigenvalue weighted by Gasteiger charge is -2.11. The Bertz CT molecular complexity index is 1650. The summed E-state index contributed by atoms with van der Waals surface area (Å²) >= 11 is 0. The second kappa shape index (κ2) is 8.36. The summed E-state index contributed by atoms with van der Waals surface area (Å²) in [6, 6.07) is 22.0. The highest BCUT2D eigenvalue weighted by Crippen LogP contribution is 2.30. The van der Waals surface area contributed by atoms with Crippen molar-refractivity contribution < 1.29 is 8.42 Å². The standard InChI is InChI=1S/C25H22N6O2S/c1-17-29-23-14-19(22-7-2-3-8-25(22)34(27,32)33)9-10-24(23)30(17)16-21-11-12-28-31(21)20-6-4-5-18(13-20)15-26/h2-15,26H,16H2,1H3,(H2,27,32,33). The largest absolute Gasteiger partial charge is 0.322 e. The van der Waals surface area contributed by atoms with Gasteiger partial charge in [0.2, 0.25) is 10.0 Å². The van der Waals surface area contributed by atoms with Gasteiger partial charge in [0.05, 0.1) is 33.9 Å². The zero-order valence-corrected chi connectivity index (χ0v) is 19.2. The molecule has 34 heavy (non-hydrogen) atoms. The molecule has 0 aliphatic carbocycles. The van der Waals surface area contributed by atoms with Crippen molar-refractivity contribution in [2.45, 2.75) is 18.4 Å². The van der Waals surface area contributed by atoms with E-state index in [4.69, 9.17) is 15.5 Å². The average Bonchev–Trinajstić information content (AvgIpc) is 3.42. The molecule has 0 aliphatic rings.